The maximum atomic E-state index is 13.6. The third kappa shape index (κ3) is 3.86. The van der Waals surface area contributed by atoms with Gasteiger partial charge in [0.1, 0.15) is 16.5 Å². The van der Waals surface area contributed by atoms with Gasteiger partial charge in [0.2, 0.25) is 0 Å². The van der Waals surface area contributed by atoms with Crippen LogP contribution in [0.25, 0.3) is 0 Å². The number of hydrogen-bond donors (Lipinski definition) is 1. The second kappa shape index (κ2) is 6.78. The molecule has 1 heterocycles. The number of carbonyl (C=O) groups excluding carboxylic acids is 1. The molecule has 0 aliphatic carbocycles. The molecule has 0 fully saturated rings. The van der Waals surface area contributed by atoms with Crippen molar-refractivity contribution in [2.75, 3.05) is 5.32 Å². The molecule has 0 saturated carbocycles. The molecule has 3 rings (SSSR count). The van der Waals surface area contributed by atoms with Gasteiger partial charge in [-0.05, 0) is 48.5 Å². The zero-order valence-electron chi connectivity index (χ0n) is 12.7. The SMILES string of the molecule is O=C(Nc1ccc(OS(=O)(=O)c2ccccc2F)cc1)c1ccco1. The standard InChI is InChI=1S/C17H12FNO5S/c18-14-4-1-2-6-16(14)25(21,22)24-13-9-7-12(8-10-13)19-17(20)15-5-3-11-23-15/h1-11H,(H,19,20). The van der Waals surface area contributed by atoms with Crippen LogP contribution in [0.5, 0.6) is 5.75 Å². The van der Waals surface area contributed by atoms with Crippen LogP contribution in [-0.4, -0.2) is 14.3 Å². The lowest BCUT2D eigenvalue weighted by atomic mass is 10.3. The maximum absolute atomic E-state index is 13.6. The monoisotopic (exact) mass is 361 g/mol. The highest BCUT2D eigenvalue weighted by molar-refractivity contribution is 7.87. The highest BCUT2D eigenvalue weighted by Gasteiger charge is 2.20. The smallest absolute Gasteiger partial charge is 0.342 e. The van der Waals surface area contributed by atoms with Crippen LogP contribution in [0, 0.1) is 5.82 Å². The lowest BCUT2D eigenvalue weighted by molar-refractivity contribution is 0.0996. The van der Waals surface area contributed by atoms with E-state index >= 15 is 0 Å². The minimum atomic E-state index is -4.29. The Morgan fingerprint density at radius 2 is 1.72 bits per heavy atom. The number of rotatable bonds is 5. The summed E-state index contributed by atoms with van der Waals surface area (Å²) < 4.78 is 47.7. The third-order valence-electron chi connectivity index (χ3n) is 3.17. The summed E-state index contributed by atoms with van der Waals surface area (Å²) in [5.41, 5.74) is 0.414. The fourth-order valence-corrected chi connectivity index (χ4v) is 3.02. The first kappa shape index (κ1) is 16.7. The van der Waals surface area contributed by atoms with Crippen molar-refractivity contribution in [2.45, 2.75) is 4.90 Å². The Bertz CT molecular complexity index is 982. The average molecular weight is 361 g/mol. The van der Waals surface area contributed by atoms with Crippen LogP contribution in [0.3, 0.4) is 0 Å². The van der Waals surface area contributed by atoms with Gasteiger partial charge in [-0.3, -0.25) is 4.79 Å². The molecule has 0 unspecified atom stereocenters. The summed E-state index contributed by atoms with van der Waals surface area (Å²) in [4.78, 5) is 11.3. The van der Waals surface area contributed by atoms with Gasteiger partial charge in [-0.2, -0.15) is 8.42 Å². The van der Waals surface area contributed by atoms with Crippen LogP contribution in [0.4, 0.5) is 10.1 Å². The summed E-state index contributed by atoms with van der Waals surface area (Å²) in [6.45, 7) is 0. The van der Waals surface area contributed by atoms with Crippen molar-refractivity contribution in [1.29, 1.82) is 0 Å². The van der Waals surface area contributed by atoms with E-state index in [4.69, 9.17) is 8.60 Å². The number of nitrogens with one attached hydrogen (secondary N) is 1. The van der Waals surface area contributed by atoms with Crippen LogP contribution in [0.1, 0.15) is 10.6 Å². The zero-order valence-corrected chi connectivity index (χ0v) is 13.5. The second-order valence-corrected chi connectivity index (χ2v) is 6.44. The van der Waals surface area contributed by atoms with Gasteiger partial charge in [0.15, 0.2) is 5.76 Å². The average Bonchev–Trinajstić information content (AvgIpc) is 3.11. The number of amides is 1. The van der Waals surface area contributed by atoms with Crippen LogP contribution < -0.4 is 9.50 Å². The van der Waals surface area contributed by atoms with E-state index in [0.29, 0.717) is 5.69 Å². The van der Waals surface area contributed by atoms with Crippen molar-refractivity contribution < 1.29 is 26.2 Å². The van der Waals surface area contributed by atoms with Crippen LogP contribution in [0.2, 0.25) is 0 Å². The molecule has 1 N–H and O–H groups in total. The Balaban J connectivity index is 1.72. The fraction of sp³-hybridized carbons (Fsp3) is 0. The first-order valence-electron chi connectivity index (χ1n) is 7.10. The minimum absolute atomic E-state index is 0.0146. The molecule has 0 spiro atoms. The molecular weight excluding hydrogens is 349 g/mol. The number of hydrogen-bond acceptors (Lipinski definition) is 5. The Morgan fingerprint density at radius 3 is 2.36 bits per heavy atom. The van der Waals surface area contributed by atoms with Gasteiger partial charge in [-0.15, -0.1) is 0 Å². The first-order chi connectivity index (χ1) is 12.0. The van der Waals surface area contributed by atoms with Crippen molar-refractivity contribution in [1.82, 2.24) is 0 Å². The molecular formula is C17H12FNO5S. The molecule has 1 aromatic heterocycles. The predicted octanol–water partition coefficient (Wildman–Crippen LogP) is 3.44. The maximum Gasteiger partial charge on any atom is 0.342 e. The highest BCUT2D eigenvalue weighted by atomic mass is 32.2. The van der Waals surface area contributed by atoms with Crippen molar-refractivity contribution >= 4 is 21.7 Å². The van der Waals surface area contributed by atoms with Gasteiger partial charge in [-0.25, -0.2) is 4.39 Å². The number of halogens is 1. The zero-order chi connectivity index (χ0) is 17.9. The summed E-state index contributed by atoms with van der Waals surface area (Å²) in [6.07, 6.45) is 1.37. The van der Waals surface area contributed by atoms with E-state index in [2.05, 4.69) is 5.32 Å². The van der Waals surface area contributed by atoms with E-state index in [1.807, 2.05) is 0 Å². The van der Waals surface area contributed by atoms with E-state index in [1.165, 1.54) is 48.7 Å². The molecule has 0 aliphatic rings. The molecule has 0 atom stereocenters. The summed E-state index contributed by atoms with van der Waals surface area (Å²) >= 11 is 0. The molecule has 8 heteroatoms. The lowest BCUT2D eigenvalue weighted by Gasteiger charge is -2.09. The molecule has 0 saturated heterocycles. The van der Waals surface area contributed by atoms with Gasteiger partial charge in [0.25, 0.3) is 5.91 Å². The second-order valence-electron chi connectivity index (χ2n) is 4.92. The van der Waals surface area contributed by atoms with E-state index in [0.717, 1.165) is 12.1 Å². The topological polar surface area (TPSA) is 85.6 Å². The predicted molar refractivity (Wildman–Crippen MR) is 87.3 cm³/mol. The number of benzene rings is 2. The molecule has 25 heavy (non-hydrogen) atoms. The van der Waals surface area contributed by atoms with Crippen LogP contribution in [-0.2, 0) is 10.1 Å². The molecule has 128 valence electrons. The van der Waals surface area contributed by atoms with Gasteiger partial charge >= 0.3 is 10.1 Å². The Morgan fingerprint density at radius 1 is 1.00 bits per heavy atom. The molecule has 6 nitrogen and oxygen atoms in total. The van der Waals surface area contributed by atoms with Gasteiger partial charge in [0, 0.05) is 5.69 Å². The van der Waals surface area contributed by atoms with Gasteiger partial charge in [-0.1, -0.05) is 12.1 Å². The number of carbonyl (C=O) groups is 1. The highest BCUT2D eigenvalue weighted by Crippen LogP contribution is 2.22. The third-order valence-corrected chi connectivity index (χ3v) is 4.45. The van der Waals surface area contributed by atoms with E-state index < -0.39 is 26.7 Å². The van der Waals surface area contributed by atoms with Crippen molar-refractivity contribution in [2.24, 2.45) is 0 Å². The van der Waals surface area contributed by atoms with Crippen LogP contribution in [0.15, 0.2) is 76.2 Å². The molecule has 0 radical (unpaired) electrons. The van der Waals surface area contributed by atoms with Crippen molar-refractivity contribution in [3.05, 3.63) is 78.5 Å². The van der Waals surface area contributed by atoms with Gasteiger partial charge < -0.3 is 13.9 Å². The Hall–Kier alpha value is -3.13. The molecule has 0 bridgehead atoms. The van der Waals surface area contributed by atoms with Crippen LogP contribution >= 0.6 is 0 Å². The van der Waals surface area contributed by atoms with Crippen molar-refractivity contribution in [3.63, 3.8) is 0 Å². The lowest BCUT2D eigenvalue weighted by Crippen LogP contribution is -2.12. The van der Waals surface area contributed by atoms with E-state index in [-0.39, 0.29) is 11.5 Å². The first-order valence-corrected chi connectivity index (χ1v) is 8.50. The van der Waals surface area contributed by atoms with Crippen molar-refractivity contribution in [3.8, 4) is 5.75 Å². The molecule has 3 aromatic rings. The number of furan rings is 1. The van der Waals surface area contributed by atoms with Gasteiger partial charge in [0.05, 0.1) is 6.26 Å². The van der Waals surface area contributed by atoms with E-state index in [9.17, 15) is 17.6 Å². The molecule has 2 aromatic carbocycles. The summed E-state index contributed by atoms with van der Waals surface area (Å²) in [5, 5.41) is 2.58. The largest absolute Gasteiger partial charge is 0.459 e. The normalized spacial score (nSPS) is 11.1. The molecule has 1 amide bonds. The Labute approximate surface area is 143 Å². The summed E-state index contributed by atoms with van der Waals surface area (Å²) in [7, 11) is -4.29. The minimum Gasteiger partial charge on any atom is -0.459 e. The quantitative estimate of drug-likeness (QED) is 0.704. The summed E-state index contributed by atoms with van der Waals surface area (Å²) in [5.74, 6) is -1.22. The van der Waals surface area contributed by atoms with E-state index in [1.54, 1.807) is 6.07 Å². The number of anilines is 1. The molecule has 0 aliphatic heterocycles. The Kier molecular flexibility index (Phi) is 4.53. The fourth-order valence-electron chi connectivity index (χ4n) is 2.01. The summed E-state index contributed by atoms with van der Waals surface area (Å²) in [6, 6.07) is 13.6.